The lowest BCUT2D eigenvalue weighted by atomic mass is 10.1. The Bertz CT molecular complexity index is 502. The number of carbonyl (C=O) groups is 3. The van der Waals surface area contributed by atoms with Gasteiger partial charge in [0, 0.05) is 7.05 Å². The van der Waals surface area contributed by atoms with Crippen LogP contribution in [0.2, 0.25) is 0 Å². The minimum Gasteiger partial charge on any atom is -0.478 e. The standard InChI is InChI=1S/C12H15N3O4/c1-15(11(17)7-14-10(16)6-13)9-5-3-2-4-8(9)12(18)19/h2-5H,6-7,13H2,1H3,(H,14,16)(H,18,19). The predicted molar refractivity (Wildman–Crippen MR) is 68.9 cm³/mol. The van der Waals surface area contributed by atoms with Gasteiger partial charge in [-0.2, -0.15) is 0 Å². The number of rotatable bonds is 5. The topological polar surface area (TPSA) is 113 Å². The van der Waals surface area contributed by atoms with Crippen molar-refractivity contribution < 1.29 is 19.5 Å². The second-order valence-electron chi connectivity index (χ2n) is 3.76. The van der Waals surface area contributed by atoms with E-state index >= 15 is 0 Å². The molecular weight excluding hydrogens is 250 g/mol. The fraction of sp³-hybridized carbons (Fsp3) is 0.250. The molecule has 102 valence electrons. The van der Waals surface area contributed by atoms with Crippen molar-refractivity contribution in [2.45, 2.75) is 0 Å². The molecule has 0 aromatic heterocycles. The first kappa shape index (κ1) is 14.7. The second-order valence-corrected chi connectivity index (χ2v) is 3.76. The third-order valence-electron chi connectivity index (χ3n) is 2.49. The minimum atomic E-state index is -1.12. The van der Waals surface area contributed by atoms with E-state index in [1.165, 1.54) is 24.1 Å². The second kappa shape index (κ2) is 6.50. The summed E-state index contributed by atoms with van der Waals surface area (Å²) in [4.78, 5) is 35.0. The van der Waals surface area contributed by atoms with Gasteiger partial charge in [0.15, 0.2) is 0 Å². The SMILES string of the molecule is CN(C(=O)CNC(=O)CN)c1ccccc1C(=O)O. The minimum absolute atomic E-state index is 0.0171. The molecule has 0 unspecified atom stereocenters. The summed E-state index contributed by atoms with van der Waals surface area (Å²) in [5.41, 5.74) is 5.38. The Labute approximate surface area is 110 Å². The molecular formula is C12H15N3O4. The third kappa shape index (κ3) is 3.78. The van der Waals surface area contributed by atoms with Crippen LogP contribution in [0.5, 0.6) is 0 Å². The Morgan fingerprint density at radius 2 is 1.95 bits per heavy atom. The van der Waals surface area contributed by atoms with Crippen LogP contribution >= 0.6 is 0 Å². The van der Waals surface area contributed by atoms with Crippen molar-refractivity contribution in [3.8, 4) is 0 Å². The van der Waals surface area contributed by atoms with Crippen LogP contribution in [-0.4, -0.2) is 43.0 Å². The number of nitrogens with zero attached hydrogens (tertiary/aromatic N) is 1. The molecule has 0 fully saturated rings. The number of carbonyl (C=O) groups excluding carboxylic acids is 2. The first-order valence-electron chi connectivity index (χ1n) is 5.53. The first-order chi connectivity index (χ1) is 8.97. The van der Waals surface area contributed by atoms with Crippen LogP contribution in [0.4, 0.5) is 5.69 Å². The van der Waals surface area contributed by atoms with Gasteiger partial charge in [-0.05, 0) is 12.1 Å². The van der Waals surface area contributed by atoms with E-state index in [0.29, 0.717) is 0 Å². The number of anilines is 1. The van der Waals surface area contributed by atoms with E-state index in [4.69, 9.17) is 10.8 Å². The maximum Gasteiger partial charge on any atom is 0.337 e. The summed E-state index contributed by atoms with van der Waals surface area (Å²) < 4.78 is 0. The smallest absolute Gasteiger partial charge is 0.337 e. The van der Waals surface area contributed by atoms with Crippen molar-refractivity contribution >= 4 is 23.5 Å². The van der Waals surface area contributed by atoms with Gasteiger partial charge < -0.3 is 21.1 Å². The number of amides is 2. The van der Waals surface area contributed by atoms with Crippen molar-refractivity contribution in [1.82, 2.24) is 5.32 Å². The van der Waals surface area contributed by atoms with Crippen molar-refractivity contribution in [3.63, 3.8) is 0 Å². The van der Waals surface area contributed by atoms with Crippen molar-refractivity contribution in [1.29, 1.82) is 0 Å². The van der Waals surface area contributed by atoms with Crippen LogP contribution < -0.4 is 16.0 Å². The normalized spacial score (nSPS) is 9.79. The molecule has 1 aromatic carbocycles. The van der Waals surface area contributed by atoms with Crippen molar-refractivity contribution in [2.24, 2.45) is 5.73 Å². The number of hydrogen-bond acceptors (Lipinski definition) is 4. The highest BCUT2D eigenvalue weighted by Crippen LogP contribution is 2.18. The molecule has 2 amide bonds. The quantitative estimate of drug-likeness (QED) is 0.659. The van der Waals surface area contributed by atoms with E-state index in [-0.39, 0.29) is 24.3 Å². The highest BCUT2D eigenvalue weighted by Gasteiger charge is 2.17. The molecule has 7 nitrogen and oxygen atoms in total. The summed E-state index contributed by atoms with van der Waals surface area (Å²) in [6, 6.07) is 6.12. The van der Waals surface area contributed by atoms with Crippen LogP contribution in [0.3, 0.4) is 0 Å². The van der Waals surface area contributed by atoms with E-state index in [2.05, 4.69) is 5.32 Å². The number of nitrogens with one attached hydrogen (secondary N) is 1. The van der Waals surface area contributed by atoms with Gasteiger partial charge in [0.1, 0.15) is 0 Å². The summed E-state index contributed by atoms with van der Waals surface area (Å²) in [6.07, 6.45) is 0. The van der Waals surface area contributed by atoms with Crippen LogP contribution in [0.1, 0.15) is 10.4 Å². The van der Waals surface area contributed by atoms with Gasteiger partial charge in [-0.15, -0.1) is 0 Å². The van der Waals surface area contributed by atoms with Crippen molar-refractivity contribution in [2.75, 3.05) is 25.0 Å². The molecule has 1 rings (SSSR count). The van der Waals surface area contributed by atoms with E-state index in [1.807, 2.05) is 0 Å². The van der Waals surface area contributed by atoms with Crippen molar-refractivity contribution in [3.05, 3.63) is 29.8 Å². The number of nitrogens with two attached hydrogens (primary N) is 1. The fourth-order valence-electron chi connectivity index (χ4n) is 1.45. The molecule has 0 aliphatic rings. The number of hydrogen-bond donors (Lipinski definition) is 3. The van der Waals surface area contributed by atoms with E-state index in [9.17, 15) is 14.4 Å². The Morgan fingerprint density at radius 1 is 1.32 bits per heavy atom. The number of para-hydroxylation sites is 1. The van der Waals surface area contributed by atoms with Gasteiger partial charge in [-0.3, -0.25) is 9.59 Å². The number of carboxylic acid groups (broad SMARTS) is 1. The highest BCUT2D eigenvalue weighted by molar-refractivity contribution is 6.02. The molecule has 7 heteroatoms. The summed E-state index contributed by atoms with van der Waals surface area (Å²) >= 11 is 0. The van der Waals surface area contributed by atoms with E-state index < -0.39 is 17.8 Å². The lowest BCUT2D eigenvalue weighted by molar-refractivity contribution is -0.124. The van der Waals surface area contributed by atoms with Gasteiger partial charge >= 0.3 is 5.97 Å². The Morgan fingerprint density at radius 3 is 2.53 bits per heavy atom. The van der Waals surface area contributed by atoms with Gasteiger partial charge in [0.2, 0.25) is 11.8 Å². The molecule has 0 spiro atoms. The van der Waals surface area contributed by atoms with Gasteiger partial charge in [-0.1, -0.05) is 12.1 Å². The van der Waals surface area contributed by atoms with Crippen LogP contribution in [0.25, 0.3) is 0 Å². The third-order valence-corrected chi connectivity index (χ3v) is 2.49. The zero-order valence-electron chi connectivity index (χ0n) is 10.4. The molecule has 19 heavy (non-hydrogen) atoms. The van der Waals surface area contributed by atoms with Gasteiger partial charge in [0.25, 0.3) is 0 Å². The Hall–Kier alpha value is -2.41. The average molecular weight is 265 g/mol. The lowest BCUT2D eigenvalue weighted by Crippen LogP contribution is -2.40. The monoisotopic (exact) mass is 265 g/mol. The molecule has 0 saturated heterocycles. The molecule has 0 aliphatic carbocycles. The Balaban J connectivity index is 2.82. The van der Waals surface area contributed by atoms with Crippen LogP contribution in [-0.2, 0) is 9.59 Å². The first-order valence-corrected chi connectivity index (χ1v) is 5.53. The largest absolute Gasteiger partial charge is 0.478 e. The number of benzene rings is 1. The molecule has 4 N–H and O–H groups in total. The number of likely N-dealkylation sites (N-methyl/N-ethyl adjacent to an activating group) is 1. The number of aromatic carboxylic acids is 1. The molecule has 0 atom stereocenters. The predicted octanol–water partition coefficient (Wildman–Crippen LogP) is -0.577. The molecule has 0 saturated carbocycles. The zero-order chi connectivity index (χ0) is 14.4. The highest BCUT2D eigenvalue weighted by atomic mass is 16.4. The zero-order valence-corrected chi connectivity index (χ0v) is 10.4. The Kier molecular flexibility index (Phi) is 5.01. The average Bonchev–Trinajstić information content (AvgIpc) is 2.43. The van der Waals surface area contributed by atoms with Crippen LogP contribution in [0, 0.1) is 0 Å². The fourth-order valence-corrected chi connectivity index (χ4v) is 1.45. The maximum atomic E-state index is 11.8. The summed E-state index contributed by atoms with van der Waals surface area (Å²) in [5.74, 6) is -2.01. The summed E-state index contributed by atoms with van der Waals surface area (Å²) in [7, 11) is 1.44. The molecule has 0 radical (unpaired) electrons. The maximum absolute atomic E-state index is 11.8. The van der Waals surface area contributed by atoms with Gasteiger partial charge in [0.05, 0.1) is 24.3 Å². The van der Waals surface area contributed by atoms with E-state index in [0.717, 1.165) is 0 Å². The number of carboxylic acids is 1. The lowest BCUT2D eigenvalue weighted by Gasteiger charge is -2.19. The summed E-state index contributed by atoms with van der Waals surface area (Å²) in [5, 5.41) is 11.4. The van der Waals surface area contributed by atoms with Gasteiger partial charge in [-0.25, -0.2) is 4.79 Å². The van der Waals surface area contributed by atoms with Crippen LogP contribution in [0.15, 0.2) is 24.3 Å². The summed E-state index contributed by atoms with van der Waals surface area (Å²) in [6.45, 7) is -0.441. The molecule has 0 aliphatic heterocycles. The molecule has 1 aromatic rings. The molecule has 0 heterocycles. The molecule has 0 bridgehead atoms. The van der Waals surface area contributed by atoms with E-state index in [1.54, 1.807) is 12.1 Å².